The molecule has 0 aliphatic heterocycles. The van der Waals surface area contributed by atoms with Gasteiger partial charge in [-0.25, -0.2) is 0 Å². The molecule has 0 unspecified atom stereocenters. The fourth-order valence-electron chi connectivity index (χ4n) is 0.789. The highest BCUT2D eigenvalue weighted by Gasteiger charge is 1.75. The molecule has 1 heteroatoms. The number of hydrogen-bond acceptors (Lipinski definition) is 0. The smallest absolute Gasteiger partial charge is 0.106 e. The Morgan fingerprint density at radius 2 is 1.18 bits per heavy atom. The van der Waals surface area contributed by atoms with Gasteiger partial charge >= 0.3 is 0 Å². The van der Waals surface area contributed by atoms with E-state index in [9.17, 15) is 0 Å². The van der Waals surface area contributed by atoms with E-state index in [0.717, 1.165) is 15.2 Å². The van der Waals surface area contributed by atoms with Gasteiger partial charge in [0.05, 0.1) is 0 Å². The van der Waals surface area contributed by atoms with Crippen molar-refractivity contribution in [3.8, 4) is 0 Å². The van der Waals surface area contributed by atoms with E-state index < -0.39 is 0 Å². The van der Waals surface area contributed by atoms with Gasteiger partial charge in [0.1, 0.15) is 0 Å². The van der Waals surface area contributed by atoms with Crippen molar-refractivity contribution in [3.63, 3.8) is 0 Å². The van der Waals surface area contributed by atoms with Crippen molar-refractivity contribution in [3.05, 3.63) is 0 Å². The average Bonchev–Trinajstić information content (AvgIpc) is 2.04. The largest absolute Gasteiger partial charge is 0.198 e. The van der Waals surface area contributed by atoms with Gasteiger partial charge in [0.15, 0.2) is 15.2 Å². The minimum atomic E-state index is 0. The summed E-state index contributed by atoms with van der Waals surface area (Å²) < 4.78 is 0. The molecule has 0 aromatic rings. The monoisotopic (exact) mass is 173 g/mol. The van der Waals surface area contributed by atoms with E-state index in [1.807, 2.05) is 0 Å². The Balaban J connectivity index is -0.000000126. The lowest BCUT2D eigenvalue weighted by molar-refractivity contribution is 0.702. The van der Waals surface area contributed by atoms with Crippen molar-refractivity contribution in [2.24, 2.45) is 0 Å². The summed E-state index contributed by atoms with van der Waals surface area (Å²) in [5, 5.41) is 2.85. The zero-order chi connectivity index (χ0) is 8.95. The lowest BCUT2D eigenvalue weighted by Gasteiger charge is -1.86. The molecule has 0 bridgehead atoms. The third kappa shape index (κ3) is 25.1. The highest BCUT2D eigenvalue weighted by molar-refractivity contribution is 6.34. The van der Waals surface area contributed by atoms with Crippen LogP contribution in [-0.2, 0) is 0 Å². The number of rotatable bonds is 5. The first-order chi connectivity index (χ1) is 5.33. The zero-order valence-corrected chi connectivity index (χ0v) is 9.97. The zero-order valence-electron chi connectivity index (χ0n) is 8.82. The van der Waals surface area contributed by atoms with Crippen molar-refractivity contribution < 1.29 is 1.43 Å². The third-order valence-corrected chi connectivity index (χ3v) is 2.69. The Bertz CT molecular complexity index is 43.1. The Labute approximate surface area is 81.0 Å². The Morgan fingerprint density at radius 1 is 0.818 bits per heavy atom. The molecule has 0 atom stereocenters. The molecule has 69 valence electrons. The van der Waals surface area contributed by atoms with E-state index in [-0.39, 0.29) is 1.43 Å². The molecule has 0 heterocycles. The van der Waals surface area contributed by atoms with Crippen LogP contribution >= 0.6 is 0 Å². The summed E-state index contributed by atoms with van der Waals surface area (Å²) in [5.74, 6) is 0. The molecule has 0 spiro atoms. The highest BCUT2D eigenvalue weighted by Crippen LogP contribution is 1.95. The molecule has 11 heavy (non-hydrogen) atoms. The molecule has 0 rings (SSSR count). The lowest BCUT2D eigenvalue weighted by atomic mass is 10.2. The topological polar surface area (TPSA) is 0 Å². The second-order valence-corrected chi connectivity index (χ2v) is 5.02. The first-order valence-electron chi connectivity index (χ1n) is 5.14. The van der Waals surface area contributed by atoms with Gasteiger partial charge in [0, 0.05) is 1.43 Å². The van der Waals surface area contributed by atoms with Crippen molar-refractivity contribution in [2.45, 2.75) is 63.9 Å². The van der Waals surface area contributed by atoms with Crippen LogP contribution in [0.2, 0.25) is 10.6 Å². The van der Waals surface area contributed by atoms with E-state index in [4.69, 9.17) is 0 Å². The van der Waals surface area contributed by atoms with Crippen molar-refractivity contribution in [1.82, 2.24) is 0 Å². The van der Waals surface area contributed by atoms with Crippen LogP contribution in [0.15, 0.2) is 0 Å². The van der Waals surface area contributed by atoms with Gasteiger partial charge in [-0.15, -0.1) is 10.6 Å². The molecule has 0 fully saturated rings. The Kier molecular flexibility index (Phi) is 21.6. The summed E-state index contributed by atoms with van der Waals surface area (Å²) >= 11 is 0.815. The number of unbranched alkanes of at least 4 members (excludes halogenated alkanes) is 3. The maximum atomic E-state index is 2.25. The molecule has 0 aliphatic carbocycles. The maximum absolute atomic E-state index is 2.25. The van der Waals surface area contributed by atoms with E-state index in [0.29, 0.717) is 0 Å². The van der Waals surface area contributed by atoms with Crippen LogP contribution in [0.5, 0.6) is 0 Å². The van der Waals surface area contributed by atoms with Gasteiger partial charge in [0.25, 0.3) is 0 Å². The quantitative estimate of drug-likeness (QED) is 0.427. The van der Waals surface area contributed by atoms with Gasteiger partial charge in [-0.1, -0.05) is 53.4 Å². The van der Waals surface area contributed by atoms with E-state index in [1.54, 1.807) is 0 Å². The molecule has 0 N–H and O–H groups in total. The van der Waals surface area contributed by atoms with Crippen LogP contribution in [-0.4, -0.2) is 15.2 Å². The van der Waals surface area contributed by atoms with Crippen LogP contribution in [0.4, 0.5) is 0 Å². The summed E-state index contributed by atoms with van der Waals surface area (Å²) in [5.41, 5.74) is 0. The molecule has 0 saturated heterocycles. The lowest BCUT2D eigenvalue weighted by Crippen LogP contribution is -1.76. The molecule has 0 aliphatic rings. The first-order valence-corrected chi connectivity index (χ1v) is 6.78. The highest BCUT2D eigenvalue weighted by atomic mass is 27.1. The molecule has 0 amide bonds. The second kappa shape index (κ2) is 16.9. The van der Waals surface area contributed by atoms with Gasteiger partial charge in [-0.2, -0.15) is 0 Å². The van der Waals surface area contributed by atoms with Crippen LogP contribution < -0.4 is 0 Å². The summed E-state index contributed by atoms with van der Waals surface area (Å²) in [6.45, 7) is 8.96. The van der Waals surface area contributed by atoms with Gasteiger partial charge in [0.2, 0.25) is 0 Å². The average molecular weight is 173 g/mol. The van der Waals surface area contributed by atoms with E-state index in [1.165, 1.54) is 36.2 Å². The summed E-state index contributed by atoms with van der Waals surface area (Å²) in [6.07, 6.45) is 5.54. The minimum absolute atomic E-state index is 0. The molecule has 1 radical (unpaired) electrons. The molecule has 0 nitrogen and oxygen atoms in total. The normalized spacial score (nSPS) is 8.36. The molecular weight excluding hydrogens is 147 g/mol. The Hall–Kier alpha value is 0.532. The first kappa shape index (κ1) is 14.1. The molecule has 0 aromatic heterocycles. The Morgan fingerprint density at radius 3 is 1.27 bits per heavy atom. The predicted octanol–water partition coefficient (Wildman–Crippen LogP) is 4.40. The predicted molar refractivity (Wildman–Crippen MR) is 58.6 cm³/mol. The van der Waals surface area contributed by atoms with Gasteiger partial charge < -0.3 is 0 Å². The fraction of sp³-hybridized carbons (Fsp3) is 1.00. The molecular formula is C10H26Al. The fourth-order valence-corrected chi connectivity index (χ4v) is 1.37. The van der Waals surface area contributed by atoms with Crippen LogP contribution in [0, 0.1) is 0 Å². The van der Waals surface area contributed by atoms with Crippen LogP contribution in [0.25, 0.3) is 0 Å². The van der Waals surface area contributed by atoms with E-state index >= 15 is 0 Å². The number of hydrogen-bond donors (Lipinski definition) is 0. The van der Waals surface area contributed by atoms with Gasteiger partial charge in [-0.3, -0.25) is 0 Å². The summed E-state index contributed by atoms with van der Waals surface area (Å²) in [7, 11) is 0. The van der Waals surface area contributed by atoms with E-state index in [2.05, 4.69) is 27.7 Å². The summed E-state index contributed by atoms with van der Waals surface area (Å²) in [4.78, 5) is 0. The molecule has 0 aromatic carbocycles. The third-order valence-electron chi connectivity index (χ3n) is 1.53. The van der Waals surface area contributed by atoms with Gasteiger partial charge in [-0.05, 0) is 0 Å². The maximum Gasteiger partial charge on any atom is 0.198 e. The van der Waals surface area contributed by atoms with Crippen LogP contribution in [0.1, 0.15) is 54.8 Å². The standard InChI is InChI=1S/C6H14.2C2H5.Al.H2/c1-3-5-6-4-2;2*1-2;;/h3-6H2,1-2H3;2*1H2,2H3;;1H. The minimum Gasteiger partial charge on any atom is -0.106 e. The van der Waals surface area contributed by atoms with Crippen molar-refractivity contribution >= 4 is 15.2 Å². The molecule has 0 saturated carbocycles. The van der Waals surface area contributed by atoms with Crippen molar-refractivity contribution in [1.29, 1.82) is 0 Å². The second-order valence-electron chi connectivity index (χ2n) is 2.81. The SMILES string of the molecule is CCCCCC.C[CH2][Al][CH2]C.[HH]. The van der Waals surface area contributed by atoms with Crippen LogP contribution in [0.3, 0.4) is 0 Å². The summed E-state index contributed by atoms with van der Waals surface area (Å²) in [6, 6.07) is 0. The van der Waals surface area contributed by atoms with Crippen molar-refractivity contribution in [2.75, 3.05) is 0 Å².